The zero-order chi connectivity index (χ0) is 38.9. The SMILES string of the molecule is [2H]C(CC)(CC)c1ccnc(-c2[c-]ccc3c2oc2cc(-c4ccccc4)ccc23)c1.[2H]C([2H])(c1cc(-c2[c-]cccc2)nc[c]1[Ge]([CH3])([CH3])[CH3])C(C)(C)C.[Ir]. The number of furan rings is 1. The van der Waals surface area contributed by atoms with Gasteiger partial charge >= 0.3 is 135 Å². The Morgan fingerprint density at radius 1 is 0.788 bits per heavy atom. The van der Waals surface area contributed by atoms with Gasteiger partial charge in [0.25, 0.3) is 0 Å². The first-order chi connectivity index (χ1) is 25.6. The molecule has 0 saturated heterocycles. The van der Waals surface area contributed by atoms with Gasteiger partial charge in [-0.3, -0.25) is 0 Å². The molecule has 0 bridgehead atoms. The Hall–Kier alpha value is -3.83. The molecular weight excluding hydrogens is 873 g/mol. The van der Waals surface area contributed by atoms with E-state index in [0.29, 0.717) is 0 Å². The van der Waals surface area contributed by atoms with Crippen molar-refractivity contribution in [3.8, 4) is 33.6 Å². The topological polar surface area (TPSA) is 38.9 Å². The van der Waals surface area contributed by atoms with Gasteiger partial charge in [-0.15, -0.1) is 18.2 Å². The predicted molar refractivity (Wildman–Crippen MR) is 219 cm³/mol. The fraction of sp³-hybridized carbons (Fsp3) is 0.277. The smallest absolute Gasteiger partial charge is 0 e. The molecule has 0 saturated carbocycles. The molecule has 0 spiro atoms. The van der Waals surface area contributed by atoms with Crippen LogP contribution in [0.5, 0.6) is 0 Å². The van der Waals surface area contributed by atoms with E-state index in [1.165, 1.54) is 0 Å². The molecule has 1 radical (unpaired) electrons. The van der Waals surface area contributed by atoms with E-state index < -0.39 is 30.9 Å². The van der Waals surface area contributed by atoms with Crippen LogP contribution in [0.4, 0.5) is 0 Å². The summed E-state index contributed by atoms with van der Waals surface area (Å²) in [5.41, 5.74) is 8.58. The van der Waals surface area contributed by atoms with Crippen molar-refractivity contribution in [3.05, 3.63) is 139 Å². The Balaban J connectivity index is 0.000000217. The van der Waals surface area contributed by atoms with Crippen LogP contribution in [0, 0.1) is 17.5 Å². The fourth-order valence-electron chi connectivity index (χ4n) is 6.45. The summed E-state index contributed by atoms with van der Waals surface area (Å²) < 4.78 is 33.8. The summed E-state index contributed by atoms with van der Waals surface area (Å²) in [7, 11) is 0. The molecule has 7 aromatic rings. The minimum Gasteiger partial charge on any atom is 0 e. The van der Waals surface area contributed by atoms with Crippen molar-refractivity contribution in [3.63, 3.8) is 0 Å². The molecule has 0 N–H and O–H groups in total. The minimum atomic E-state index is -2.24. The molecule has 0 amide bonds. The maximum Gasteiger partial charge on any atom is 0 e. The number of benzene rings is 4. The first-order valence-corrected chi connectivity index (χ1v) is 25.3. The van der Waals surface area contributed by atoms with Crippen molar-refractivity contribution < 1.29 is 28.6 Å². The van der Waals surface area contributed by atoms with Gasteiger partial charge in [0, 0.05) is 33.1 Å². The number of rotatable bonds is 8. The van der Waals surface area contributed by atoms with E-state index in [1.807, 2.05) is 99.8 Å². The van der Waals surface area contributed by atoms with Gasteiger partial charge in [0.2, 0.25) is 0 Å². The van der Waals surface area contributed by atoms with Crippen molar-refractivity contribution >= 4 is 39.6 Å². The molecule has 0 aliphatic carbocycles. The molecule has 0 aliphatic heterocycles. The second-order valence-corrected chi connectivity index (χ2v) is 25.6. The van der Waals surface area contributed by atoms with Crippen molar-refractivity contribution in [2.75, 3.05) is 0 Å². The first-order valence-electron chi connectivity index (χ1n) is 19.4. The number of hydrogen-bond donors (Lipinski definition) is 0. The van der Waals surface area contributed by atoms with Gasteiger partial charge in [-0.05, 0) is 47.7 Å². The molecular formula is C47H50GeIrN2O-2. The van der Waals surface area contributed by atoms with Gasteiger partial charge in [-0.25, -0.2) is 0 Å². The largest absolute Gasteiger partial charge is 0 e. The van der Waals surface area contributed by atoms with Gasteiger partial charge in [-0.1, -0.05) is 78.9 Å². The minimum absolute atomic E-state index is 0. The fourth-order valence-corrected chi connectivity index (χ4v) is 9.37. The summed E-state index contributed by atoms with van der Waals surface area (Å²) in [6, 6.07) is 40.8. The molecule has 52 heavy (non-hydrogen) atoms. The van der Waals surface area contributed by atoms with Crippen LogP contribution in [0.15, 0.2) is 120 Å². The maximum absolute atomic E-state index is 8.81. The van der Waals surface area contributed by atoms with Crippen molar-refractivity contribution in [1.82, 2.24) is 9.97 Å². The summed E-state index contributed by atoms with van der Waals surface area (Å²) in [6.07, 6.45) is 3.81. The molecule has 0 fully saturated rings. The van der Waals surface area contributed by atoms with E-state index in [-0.39, 0.29) is 20.1 Å². The molecule has 0 aliphatic rings. The van der Waals surface area contributed by atoms with Crippen LogP contribution in [-0.2, 0) is 26.5 Å². The molecule has 0 atom stereocenters. The molecule has 0 unspecified atom stereocenters. The average Bonchev–Trinajstić information content (AvgIpc) is 3.56. The van der Waals surface area contributed by atoms with Crippen LogP contribution in [0.1, 0.15) is 68.6 Å². The van der Waals surface area contributed by atoms with E-state index in [9.17, 15) is 0 Å². The maximum atomic E-state index is 8.81. The standard InChI is InChI=1S/C28H24NO.C19H26GeN.Ir/c1-3-19(4-2)22-15-16-29-26(17-22)25-12-8-11-24-23-14-13-21(18-27(23)30-28(24)25)20-9-6-5-7-10-20;1-19(2,3)13-16-12-18(15-10-8-7-9-11-15)21-14-17(16)20(4,5)6;/h5-11,13-19H,3-4H2,1-2H3;7-10,12,14H,13H2,1-6H3;/q2*-1;/i19D;13D2;. The molecule has 3 heterocycles. The van der Waals surface area contributed by atoms with Crippen LogP contribution < -0.4 is 4.40 Å². The quantitative estimate of drug-likeness (QED) is 0.113. The summed E-state index contributed by atoms with van der Waals surface area (Å²) in [4.78, 5) is 9.22. The van der Waals surface area contributed by atoms with E-state index >= 15 is 0 Å². The number of pyridine rings is 2. The zero-order valence-corrected chi connectivity index (χ0v) is 36.0. The normalized spacial score (nSPS) is 13.0. The van der Waals surface area contributed by atoms with Gasteiger partial charge in [0.05, 0.1) is 5.58 Å². The monoisotopic (exact) mass is 928 g/mol. The second kappa shape index (κ2) is 16.9. The van der Waals surface area contributed by atoms with Gasteiger partial charge in [0.1, 0.15) is 5.58 Å². The molecule has 3 nitrogen and oxygen atoms in total. The third kappa shape index (κ3) is 9.20. The number of hydrogen-bond acceptors (Lipinski definition) is 3. The van der Waals surface area contributed by atoms with E-state index in [0.717, 1.165) is 83.9 Å². The average molecular weight is 927 g/mol. The van der Waals surface area contributed by atoms with Crippen LogP contribution in [0.25, 0.3) is 55.6 Å². The zero-order valence-electron chi connectivity index (χ0n) is 34.5. The van der Waals surface area contributed by atoms with E-state index in [1.54, 1.807) is 6.20 Å². The van der Waals surface area contributed by atoms with Crippen LogP contribution in [0.2, 0.25) is 17.3 Å². The van der Waals surface area contributed by atoms with Crippen LogP contribution in [-0.4, -0.2) is 23.2 Å². The van der Waals surface area contributed by atoms with Crippen molar-refractivity contribution in [2.45, 2.75) is 77.0 Å². The Morgan fingerprint density at radius 3 is 2.21 bits per heavy atom. The second-order valence-electron chi connectivity index (χ2n) is 15.0. The third-order valence-corrected chi connectivity index (χ3v) is 13.3. The van der Waals surface area contributed by atoms with Crippen LogP contribution in [0.3, 0.4) is 0 Å². The summed E-state index contributed by atoms with van der Waals surface area (Å²) in [5.74, 6) is 6.25. The summed E-state index contributed by atoms with van der Waals surface area (Å²) in [5, 5.41) is 2.14. The first kappa shape index (κ1) is 35.2. The molecule has 3 aromatic heterocycles. The summed E-state index contributed by atoms with van der Waals surface area (Å²) in [6.45, 7) is 10.0. The Morgan fingerprint density at radius 2 is 1.54 bits per heavy atom. The van der Waals surface area contributed by atoms with Gasteiger partial charge in [-0.2, -0.15) is 0 Å². The Kier molecular flexibility index (Phi) is 11.4. The van der Waals surface area contributed by atoms with E-state index in [2.05, 4.69) is 83.5 Å². The summed E-state index contributed by atoms with van der Waals surface area (Å²) >= 11 is -2.24. The number of nitrogens with zero attached hydrogens (tertiary/aromatic N) is 2. The predicted octanol–water partition coefficient (Wildman–Crippen LogP) is 12.7. The Labute approximate surface area is 331 Å². The van der Waals surface area contributed by atoms with Gasteiger partial charge < -0.3 is 9.40 Å². The molecule has 269 valence electrons. The van der Waals surface area contributed by atoms with Crippen LogP contribution >= 0.6 is 0 Å². The van der Waals surface area contributed by atoms with Crippen molar-refractivity contribution in [1.29, 1.82) is 0 Å². The van der Waals surface area contributed by atoms with Gasteiger partial charge in [0.15, 0.2) is 0 Å². The number of fused-ring (bicyclic) bond motifs is 3. The molecule has 7 rings (SSSR count). The molecule has 4 aromatic carbocycles. The Bertz CT molecular complexity index is 2380. The number of aromatic nitrogens is 2. The van der Waals surface area contributed by atoms with Crippen molar-refractivity contribution in [2.24, 2.45) is 5.41 Å². The van der Waals surface area contributed by atoms with E-state index in [4.69, 9.17) is 8.53 Å². The third-order valence-electron chi connectivity index (χ3n) is 9.02. The molecule has 5 heteroatoms.